The van der Waals surface area contributed by atoms with E-state index in [1.165, 1.54) is 5.57 Å². The topological polar surface area (TPSA) is 67.8 Å². The van der Waals surface area contributed by atoms with Crippen molar-refractivity contribution in [3.8, 4) is 0 Å². The lowest BCUT2D eigenvalue weighted by atomic mass is 9.88. The van der Waals surface area contributed by atoms with Crippen LogP contribution in [0.15, 0.2) is 11.6 Å². The highest BCUT2D eigenvalue weighted by molar-refractivity contribution is 5.68. The van der Waals surface area contributed by atoms with Crippen LogP contribution in [-0.4, -0.2) is 49.6 Å². The average Bonchev–Trinajstić information content (AvgIpc) is 2.40. The maximum atomic E-state index is 11.0. The molecule has 0 aromatic heterocycles. The molecule has 0 bridgehead atoms. The molecule has 0 spiro atoms. The molecular weight excluding hydrogens is 246 g/mol. The molecule has 2 aliphatic rings. The van der Waals surface area contributed by atoms with Gasteiger partial charge in [-0.1, -0.05) is 11.6 Å². The van der Waals surface area contributed by atoms with Crippen LogP contribution in [0, 0.1) is 0 Å². The number of ether oxygens (including phenoxy) is 2. The lowest BCUT2D eigenvalue weighted by Crippen LogP contribution is -2.53. The van der Waals surface area contributed by atoms with Gasteiger partial charge in [0.25, 0.3) is 0 Å². The van der Waals surface area contributed by atoms with Crippen LogP contribution in [0.25, 0.3) is 0 Å². The number of carboxylic acids is 1. The lowest BCUT2D eigenvalue weighted by molar-refractivity contribution is -0.140. The standard InChI is InChI=1S/C14H23NO4/c16-13(17)10-14(5-1-7-19-11-14)15-6-2-12-3-8-18-9-4-12/h2,15H,1,3-11H2,(H,16,17). The van der Waals surface area contributed by atoms with E-state index in [0.717, 1.165) is 45.5 Å². The molecule has 108 valence electrons. The van der Waals surface area contributed by atoms with E-state index >= 15 is 0 Å². The quantitative estimate of drug-likeness (QED) is 0.737. The van der Waals surface area contributed by atoms with Gasteiger partial charge in [-0.2, -0.15) is 0 Å². The van der Waals surface area contributed by atoms with Crippen LogP contribution in [-0.2, 0) is 14.3 Å². The fraction of sp³-hybridized carbons (Fsp3) is 0.786. The predicted octanol–water partition coefficient (Wildman–Crippen LogP) is 1.34. The summed E-state index contributed by atoms with van der Waals surface area (Å²) >= 11 is 0. The van der Waals surface area contributed by atoms with E-state index < -0.39 is 11.5 Å². The molecule has 2 fully saturated rings. The molecule has 0 saturated carbocycles. The monoisotopic (exact) mass is 269 g/mol. The van der Waals surface area contributed by atoms with Gasteiger partial charge in [0, 0.05) is 13.2 Å². The zero-order valence-corrected chi connectivity index (χ0v) is 11.3. The molecule has 5 heteroatoms. The molecule has 2 saturated heterocycles. The minimum Gasteiger partial charge on any atom is -0.481 e. The number of rotatable bonds is 5. The van der Waals surface area contributed by atoms with Crippen LogP contribution in [0.4, 0.5) is 0 Å². The molecule has 2 aliphatic heterocycles. The molecule has 1 unspecified atom stereocenters. The van der Waals surface area contributed by atoms with Crippen molar-refractivity contribution in [2.75, 3.05) is 33.0 Å². The Hall–Kier alpha value is -0.910. The highest BCUT2D eigenvalue weighted by atomic mass is 16.5. The Bertz CT molecular complexity index is 326. The molecule has 0 radical (unpaired) electrons. The second kappa shape index (κ2) is 7.03. The SMILES string of the molecule is O=C(O)CC1(NCC=C2CCOCC2)CCCOC1. The predicted molar refractivity (Wildman–Crippen MR) is 71.2 cm³/mol. The maximum absolute atomic E-state index is 11.0. The minimum atomic E-state index is -0.767. The van der Waals surface area contributed by atoms with Gasteiger partial charge in [-0.25, -0.2) is 0 Å². The summed E-state index contributed by atoms with van der Waals surface area (Å²) in [4.78, 5) is 11.0. The van der Waals surface area contributed by atoms with Crippen molar-refractivity contribution in [3.05, 3.63) is 11.6 Å². The smallest absolute Gasteiger partial charge is 0.305 e. The molecule has 19 heavy (non-hydrogen) atoms. The highest BCUT2D eigenvalue weighted by Crippen LogP contribution is 2.23. The fourth-order valence-electron chi connectivity index (χ4n) is 2.73. The second-order valence-electron chi connectivity index (χ2n) is 5.36. The third kappa shape index (κ3) is 4.60. The normalized spacial score (nSPS) is 28.1. The summed E-state index contributed by atoms with van der Waals surface area (Å²) in [6.07, 6.45) is 6.07. The number of nitrogens with one attached hydrogen (secondary N) is 1. The first-order chi connectivity index (χ1) is 9.20. The summed E-state index contributed by atoms with van der Waals surface area (Å²) in [5, 5.41) is 12.4. The zero-order valence-electron chi connectivity index (χ0n) is 11.3. The number of hydrogen-bond acceptors (Lipinski definition) is 4. The Morgan fingerprint density at radius 2 is 2.11 bits per heavy atom. The van der Waals surface area contributed by atoms with Crippen molar-refractivity contribution in [2.24, 2.45) is 0 Å². The van der Waals surface area contributed by atoms with Crippen LogP contribution in [0.5, 0.6) is 0 Å². The molecule has 2 N–H and O–H groups in total. The van der Waals surface area contributed by atoms with Crippen molar-refractivity contribution >= 4 is 5.97 Å². The first-order valence-electron chi connectivity index (χ1n) is 7.00. The summed E-state index contributed by atoms with van der Waals surface area (Å²) in [5.41, 5.74) is 1.01. The van der Waals surface area contributed by atoms with E-state index in [4.69, 9.17) is 14.6 Å². The van der Waals surface area contributed by atoms with Crippen LogP contribution in [0.1, 0.15) is 32.1 Å². The molecule has 5 nitrogen and oxygen atoms in total. The van der Waals surface area contributed by atoms with Crippen LogP contribution in [0.2, 0.25) is 0 Å². The molecule has 0 amide bonds. The van der Waals surface area contributed by atoms with E-state index in [9.17, 15) is 4.79 Å². The van der Waals surface area contributed by atoms with Crippen molar-refractivity contribution in [2.45, 2.75) is 37.6 Å². The number of carbonyl (C=O) groups is 1. The lowest BCUT2D eigenvalue weighted by Gasteiger charge is -2.36. The summed E-state index contributed by atoms with van der Waals surface area (Å²) < 4.78 is 10.8. The van der Waals surface area contributed by atoms with Gasteiger partial charge in [0.05, 0.1) is 31.8 Å². The summed E-state index contributed by atoms with van der Waals surface area (Å²) in [5.74, 6) is -0.767. The first kappa shape index (κ1) is 14.5. The van der Waals surface area contributed by atoms with Gasteiger partial charge in [-0.3, -0.25) is 4.79 Å². The highest BCUT2D eigenvalue weighted by Gasteiger charge is 2.34. The Morgan fingerprint density at radius 3 is 2.74 bits per heavy atom. The van der Waals surface area contributed by atoms with Crippen LogP contribution in [0.3, 0.4) is 0 Å². The van der Waals surface area contributed by atoms with E-state index in [0.29, 0.717) is 13.2 Å². The van der Waals surface area contributed by atoms with Crippen molar-refractivity contribution in [3.63, 3.8) is 0 Å². The summed E-state index contributed by atoms with van der Waals surface area (Å²) in [7, 11) is 0. The Morgan fingerprint density at radius 1 is 1.32 bits per heavy atom. The molecule has 1 atom stereocenters. The maximum Gasteiger partial charge on any atom is 0.305 e. The Balaban J connectivity index is 1.86. The van der Waals surface area contributed by atoms with Crippen molar-refractivity contribution < 1.29 is 19.4 Å². The third-order valence-electron chi connectivity index (χ3n) is 3.81. The van der Waals surface area contributed by atoms with Crippen LogP contribution < -0.4 is 5.32 Å². The second-order valence-corrected chi connectivity index (χ2v) is 5.36. The molecule has 2 heterocycles. The number of aliphatic carboxylic acids is 1. The molecule has 0 aliphatic carbocycles. The Kier molecular flexibility index (Phi) is 5.36. The number of hydrogen-bond donors (Lipinski definition) is 2. The molecule has 2 rings (SSSR count). The van der Waals surface area contributed by atoms with Gasteiger partial charge in [-0.05, 0) is 25.7 Å². The van der Waals surface area contributed by atoms with Gasteiger partial charge < -0.3 is 19.9 Å². The van der Waals surface area contributed by atoms with Crippen molar-refractivity contribution in [1.29, 1.82) is 0 Å². The van der Waals surface area contributed by atoms with E-state index in [-0.39, 0.29) is 6.42 Å². The van der Waals surface area contributed by atoms with Gasteiger partial charge >= 0.3 is 5.97 Å². The minimum absolute atomic E-state index is 0.124. The van der Waals surface area contributed by atoms with E-state index in [1.54, 1.807) is 0 Å². The average molecular weight is 269 g/mol. The molecule has 0 aromatic carbocycles. The van der Waals surface area contributed by atoms with Gasteiger partial charge in [0.2, 0.25) is 0 Å². The van der Waals surface area contributed by atoms with Crippen molar-refractivity contribution in [1.82, 2.24) is 5.32 Å². The third-order valence-corrected chi connectivity index (χ3v) is 3.81. The molecular formula is C14H23NO4. The van der Waals surface area contributed by atoms with E-state index in [1.807, 2.05) is 0 Å². The fourth-order valence-corrected chi connectivity index (χ4v) is 2.73. The van der Waals surface area contributed by atoms with E-state index in [2.05, 4.69) is 11.4 Å². The summed E-state index contributed by atoms with van der Waals surface area (Å²) in [6.45, 7) is 3.55. The zero-order chi connectivity index (χ0) is 13.6. The van der Waals surface area contributed by atoms with Crippen LogP contribution >= 0.6 is 0 Å². The van der Waals surface area contributed by atoms with Gasteiger partial charge in [-0.15, -0.1) is 0 Å². The van der Waals surface area contributed by atoms with Gasteiger partial charge in [0.1, 0.15) is 0 Å². The van der Waals surface area contributed by atoms with Gasteiger partial charge in [0.15, 0.2) is 0 Å². The summed E-state index contributed by atoms with van der Waals surface area (Å²) in [6, 6.07) is 0. The Labute approximate surface area is 114 Å². The molecule has 0 aromatic rings. The number of carboxylic acid groups (broad SMARTS) is 1. The largest absolute Gasteiger partial charge is 0.481 e. The first-order valence-corrected chi connectivity index (χ1v) is 7.00.